The summed E-state index contributed by atoms with van der Waals surface area (Å²) in [6.45, 7) is 2.11. The van der Waals surface area contributed by atoms with Gasteiger partial charge in [-0.2, -0.15) is 0 Å². The highest BCUT2D eigenvalue weighted by Gasteiger charge is 2.06. The predicted molar refractivity (Wildman–Crippen MR) is 68.2 cm³/mol. The Bertz CT molecular complexity index is 380. The standard InChI is InChI=1S/C13H19FN2O/c1-2-3-4-5-6-13(17)16-12-8-7-10(15)9-11(12)14/h7-9H,2-6,15H2,1H3,(H,16,17). The molecule has 0 radical (unpaired) electrons. The van der Waals surface area contributed by atoms with Crippen LogP contribution in [0.2, 0.25) is 0 Å². The van der Waals surface area contributed by atoms with Crippen molar-refractivity contribution in [2.75, 3.05) is 11.1 Å². The van der Waals surface area contributed by atoms with E-state index >= 15 is 0 Å². The highest BCUT2D eigenvalue weighted by molar-refractivity contribution is 5.90. The van der Waals surface area contributed by atoms with Crippen LogP contribution in [0.3, 0.4) is 0 Å². The molecule has 0 saturated heterocycles. The molecule has 4 heteroatoms. The van der Waals surface area contributed by atoms with E-state index in [9.17, 15) is 9.18 Å². The molecule has 94 valence electrons. The second-order valence-corrected chi connectivity index (χ2v) is 4.10. The molecule has 0 unspecified atom stereocenters. The van der Waals surface area contributed by atoms with E-state index in [-0.39, 0.29) is 11.6 Å². The van der Waals surface area contributed by atoms with Crippen LogP contribution in [-0.4, -0.2) is 5.91 Å². The van der Waals surface area contributed by atoms with Crippen molar-refractivity contribution in [1.29, 1.82) is 0 Å². The average molecular weight is 238 g/mol. The zero-order valence-electron chi connectivity index (χ0n) is 10.1. The summed E-state index contributed by atoms with van der Waals surface area (Å²) in [5.74, 6) is -0.642. The van der Waals surface area contributed by atoms with Gasteiger partial charge in [0, 0.05) is 12.1 Å². The Morgan fingerprint density at radius 2 is 2.12 bits per heavy atom. The third kappa shape index (κ3) is 4.85. The number of halogens is 1. The lowest BCUT2D eigenvalue weighted by molar-refractivity contribution is -0.116. The molecule has 0 heterocycles. The maximum Gasteiger partial charge on any atom is 0.224 e. The summed E-state index contributed by atoms with van der Waals surface area (Å²) in [6, 6.07) is 4.25. The van der Waals surface area contributed by atoms with Gasteiger partial charge in [0.05, 0.1) is 5.69 Å². The number of nitrogen functional groups attached to an aromatic ring is 1. The second-order valence-electron chi connectivity index (χ2n) is 4.10. The number of benzene rings is 1. The lowest BCUT2D eigenvalue weighted by Gasteiger charge is -2.06. The number of hydrogen-bond acceptors (Lipinski definition) is 2. The number of carbonyl (C=O) groups excluding carboxylic acids is 1. The van der Waals surface area contributed by atoms with Crippen LogP contribution < -0.4 is 11.1 Å². The van der Waals surface area contributed by atoms with Crippen LogP contribution in [0.15, 0.2) is 18.2 Å². The van der Waals surface area contributed by atoms with Gasteiger partial charge in [-0.25, -0.2) is 4.39 Å². The van der Waals surface area contributed by atoms with Crippen LogP contribution in [0.1, 0.15) is 39.0 Å². The molecule has 0 aromatic heterocycles. The van der Waals surface area contributed by atoms with Gasteiger partial charge in [-0.1, -0.05) is 26.2 Å². The van der Waals surface area contributed by atoms with E-state index in [2.05, 4.69) is 12.2 Å². The van der Waals surface area contributed by atoms with E-state index in [4.69, 9.17) is 5.73 Å². The molecular weight excluding hydrogens is 219 g/mol. The largest absolute Gasteiger partial charge is 0.399 e. The molecule has 1 amide bonds. The van der Waals surface area contributed by atoms with Crippen LogP contribution in [0, 0.1) is 5.82 Å². The van der Waals surface area contributed by atoms with Crippen molar-refractivity contribution < 1.29 is 9.18 Å². The van der Waals surface area contributed by atoms with Crippen molar-refractivity contribution >= 4 is 17.3 Å². The molecule has 1 aromatic rings. The van der Waals surface area contributed by atoms with Crippen molar-refractivity contribution in [1.82, 2.24) is 0 Å². The Labute approximate surface area is 101 Å². The molecule has 0 aliphatic heterocycles. The predicted octanol–water partition coefficient (Wildman–Crippen LogP) is 3.32. The van der Waals surface area contributed by atoms with E-state index in [1.165, 1.54) is 12.1 Å². The first-order valence-corrected chi connectivity index (χ1v) is 5.98. The molecule has 0 aliphatic carbocycles. The van der Waals surface area contributed by atoms with Gasteiger partial charge < -0.3 is 11.1 Å². The number of rotatable bonds is 6. The fraction of sp³-hybridized carbons (Fsp3) is 0.462. The molecule has 0 atom stereocenters. The number of carbonyl (C=O) groups is 1. The summed E-state index contributed by atoms with van der Waals surface area (Å²) in [5, 5.41) is 2.54. The minimum absolute atomic E-state index is 0.148. The quantitative estimate of drug-likeness (QED) is 0.590. The zero-order valence-corrected chi connectivity index (χ0v) is 10.1. The van der Waals surface area contributed by atoms with Gasteiger partial charge in [0.25, 0.3) is 0 Å². The Balaban J connectivity index is 2.40. The summed E-state index contributed by atoms with van der Waals surface area (Å²) in [6.07, 6.45) is 4.58. The maximum atomic E-state index is 13.4. The van der Waals surface area contributed by atoms with Gasteiger partial charge in [0.2, 0.25) is 5.91 Å². The topological polar surface area (TPSA) is 55.1 Å². The lowest BCUT2D eigenvalue weighted by atomic mass is 10.1. The van der Waals surface area contributed by atoms with E-state index in [1.54, 1.807) is 6.07 Å². The Kier molecular flexibility index (Phi) is 5.46. The van der Waals surface area contributed by atoms with Crippen LogP contribution >= 0.6 is 0 Å². The van der Waals surface area contributed by atoms with E-state index < -0.39 is 5.82 Å². The third-order valence-corrected chi connectivity index (χ3v) is 2.52. The minimum Gasteiger partial charge on any atom is -0.399 e. The zero-order chi connectivity index (χ0) is 12.7. The summed E-state index contributed by atoms with van der Waals surface area (Å²) >= 11 is 0. The summed E-state index contributed by atoms with van der Waals surface area (Å²) in [4.78, 5) is 11.5. The first-order chi connectivity index (χ1) is 8.13. The molecule has 3 N–H and O–H groups in total. The Hall–Kier alpha value is -1.58. The van der Waals surface area contributed by atoms with Crippen LogP contribution in [0.4, 0.5) is 15.8 Å². The molecule has 1 aromatic carbocycles. The smallest absolute Gasteiger partial charge is 0.224 e. The first-order valence-electron chi connectivity index (χ1n) is 5.98. The van der Waals surface area contributed by atoms with E-state index in [1.807, 2.05) is 0 Å². The maximum absolute atomic E-state index is 13.4. The van der Waals surface area contributed by atoms with Gasteiger partial charge in [-0.3, -0.25) is 4.79 Å². The number of hydrogen-bond donors (Lipinski definition) is 2. The molecule has 17 heavy (non-hydrogen) atoms. The fourth-order valence-electron chi connectivity index (χ4n) is 1.56. The van der Waals surface area contributed by atoms with E-state index in [0.29, 0.717) is 12.1 Å². The number of amides is 1. The van der Waals surface area contributed by atoms with Crippen LogP contribution in [0.5, 0.6) is 0 Å². The van der Waals surface area contributed by atoms with Gasteiger partial charge in [0.15, 0.2) is 0 Å². The number of anilines is 2. The Morgan fingerprint density at radius 3 is 2.76 bits per heavy atom. The highest BCUT2D eigenvalue weighted by Crippen LogP contribution is 2.17. The van der Waals surface area contributed by atoms with Crippen molar-refractivity contribution in [2.45, 2.75) is 39.0 Å². The van der Waals surface area contributed by atoms with Gasteiger partial charge in [-0.05, 0) is 24.6 Å². The summed E-state index contributed by atoms with van der Waals surface area (Å²) in [5.41, 5.74) is 5.96. The molecule has 0 saturated carbocycles. The third-order valence-electron chi connectivity index (χ3n) is 2.52. The van der Waals surface area contributed by atoms with Gasteiger partial charge >= 0.3 is 0 Å². The van der Waals surface area contributed by atoms with Gasteiger partial charge in [-0.15, -0.1) is 0 Å². The number of nitrogens with one attached hydrogen (secondary N) is 1. The summed E-state index contributed by atoms with van der Waals surface area (Å²) in [7, 11) is 0. The van der Waals surface area contributed by atoms with Gasteiger partial charge in [0.1, 0.15) is 5.82 Å². The molecule has 0 spiro atoms. The average Bonchev–Trinajstić information content (AvgIpc) is 2.28. The van der Waals surface area contributed by atoms with Crippen molar-refractivity contribution in [3.05, 3.63) is 24.0 Å². The highest BCUT2D eigenvalue weighted by atomic mass is 19.1. The SMILES string of the molecule is CCCCCCC(=O)Nc1ccc(N)cc1F. The fourth-order valence-corrected chi connectivity index (χ4v) is 1.56. The first kappa shape index (κ1) is 13.5. The number of nitrogens with two attached hydrogens (primary N) is 1. The normalized spacial score (nSPS) is 10.2. The molecule has 0 bridgehead atoms. The van der Waals surface area contributed by atoms with E-state index in [0.717, 1.165) is 25.7 Å². The second kappa shape index (κ2) is 6.89. The minimum atomic E-state index is -0.494. The molecule has 0 fully saturated rings. The van der Waals surface area contributed by atoms with Crippen molar-refractivity contribution in [3.63, 3.8) is 0 Å². The van der Waals surface area contributed by atoms with Crippen molar-refractivity contribution in [3.8, 4) is 0 Å². The monoisotopic (exact) mass is 238 g/mol. The molecular formula is C13H19FN2O. The summed E-state index contributed by atoms with van der Waals surface area (Å²) < 4.78 is 13.4. The Morgan fingerprint density at radius 1 is 1.35 bits per heavy atom. The lowest BCUT2D eigenvalue weighted by Crippen LogP contribution is -2.12. The number of unbranched alkanes of at least 4 members (excludes halogenated alkanes) is 3. The molecule has 0 aliphatic rings. The van der Waals surface area contributed by atoms with Crippen LogP contribution in [0.25, 0.3) is 0 Å². The molecule has 3 nitrogen and oxygen atoms in total. The van der Waals surface area contributed by atoms with Crippen LogP contribution in [-0.2, 0) is 4.79 Å². The van der Waals surface area contributed by atoms with Crippen molar-refractivity contribution in [2.24, 2.45) is 0 Å². The molecule has 1 rings (SSSR count).